The maximum Gasteiger partial charge on any atom is 0.00177 e. The van der Waals surface area contributed by atoms with E-state index in [4.69, 9.17) is 0 Å². The SMILES string of the molecule is C=S(CCc1ccc(-c2ccccc2)cc1)C1=CC=C=C(C)C=C1. The molecular formula is C23H22S. The first kappa shape index (κ1) is 16.5. The number of rotatable bonds is 5. The number of benzene rings is 2. The van der Waals surface area contributed by atoms with Gasteiger partial charge in [-0.1, -0.05) is 66.5 Å². The van der Waals surface area contributed by atoms with E-state index < -0.39 is 0 Å². The Labute approximate surface area is 147 Å². The number of aryl methyl sites for hydroxylation is 1. The lowest BCUT2D eigenvalue weighted by molar-refractivity contribution is 1.16. The molecule has 1 heteroatoms. The Kier molecular flexibility index (Phi) is 5.48. The molecule has 0 bridgehead atoms. The fourth-order valence-electron chi connectivity index (χ4n) is 2.61. The zero-order valence-electron chi connectivity index (χ0n) is 14.0. The van der Waals surface area contributed by atoms with Crippen molar-refractivity contribution in [1.29, 1.82) is 0 Å². The predicted molar refractivity (Wildman–Crippen MR) is 110 cm³/mol. The van der Waals surface area contributed by atoms with Gasteiger partial charge in [0, 0.05) is 4.91 Å². The molecule has 2 aromatic rings. The molecule has 2 aromatic carbocycles. The average Bonchev–Trinajstić information content (AvgIpc) is 2.85. The molecule has 1 atom stereocenters. The molecule has 0 spiro atoms. The molecule has 0 radical (unpaired) electrons. The van der Waals surface area contributed by atoms with Crippen LogP contribution in [0, 0.1) is 0 Å². The molecule has 24 heavy (non-hydrogen) atoms. The number of allylic oxidation sites excluding steroid dienone is 4. The van der Waals surface area contributed by atoms with Crippen LogP contribution < -0.4 is 0 Å². The molecule has 0 saturated carbocycles. The molecule has 0 nitrogen and oxygen atoms in total. The van der Waals surface area contributed by atoms with E-state index in [0.29, 0.717) is 0 Å². The molecule has 0 amide bonds. The van der Waals surface area contributed by atoms with Crippen LogP contribution in [0.15, 0.2) is 95.1 Å². The number of hydrogen-bond donors (Lipinski definition) is 0. The van der Waals surface area contributed by atoms with Gasteiger partial charge in [-0.3, -0.25) is 0 Å². The summed E-state index contributed by atoms with van der Waals surface area (Å²) in [6.07, 6.45) is 9.50. The van der Waals surface area contributed by atoms with Crippen LogP contribution in [0.2, 0.25) is 0 Å². The fraction of sp³-hybridized carbons (Fsp3) is 0.130. The molecule has 1 aliphatic carbocycles. The van der Waals surface area contributed by atoms with Crippen molar-refractivity contribution in [2.24, 2.45) is 0 Å². The Morgan fingerprint density at radius 2 is 1.62 bits per heavy atom. The van der Waals surface area contributed by atoms with Gasteiger partial charge in [0.05, 0.1) is 0 Å². The first-order chi connectivity index (χ1) is 11.7. The molecule has 0 saturated heterocycles. The largest absolute Gasteiger partial charge is 0.162 e. The lowest BCUT2D eigenvalue weighted by Crippen LogP contribution is -1.91. The lowest BCUT2D eigenvalue weighted by Gasteiger charge is -2.09. The summed E-state index contributed by atoms with van der Waals surface area (Å²) >= 11 is 0. The smallest absolute Gasteiger partial charge is 0.00177 e. The Morgan fingerprint density at radius 1 is 0.917 bits per heavy atom. The van der Waals surface area contributed by atoms with E-state index in [1.54, 1.807) is 0 Å². The minimum absolute atomic E-state index is 0.0154. The van der Waals surface area contributed by atoms with Gasteiger partial charge in [0.25, 0.3) is 0 Å². The molecule has 0 aromatic heterocycles. The van der Waals surface area contributed by atoms with Crippen LogP contribution in [0.4, 0.5) is 0 Å². The quantitative estimate of drug-likeness (QED) is 0.455. The highest BCUT2D eigenvalue weighted by molar-refractivity contribution is 8.17. The lowest BCUT2D eigenvalue weighted by atomic mass is 10.0. The normalized spacial score (nSPS) is 14.7. The van der Waals surface area contributed by atoms with Crippen LogP contribution in [0.1, 0.15) is 12.5 Å². The summed E-state index contributed by atoms with van der Waals surface area (Å²) in [5, 5.41) is 0. The van der Waals surface area contributed by atoms with E-state index in [0.717, 1.165) is 17.7 Å². The molecule has 0 aliphatic heterocycles. The molecule has 0 fully saturated rings. The van der Waals surface area contributed by atoms with Crippen molar-refractivity contribution in [3.8, 4) is 11.1 Å². The Hall–Kier alpha value is -2.34. The highest BCUT2D eigenvalue weighted by atomic mass is 32.2. The van der Waals surface area contributed by atoms with Gasteiger partial charge in [-0.25, -0.2) is 0 Å². The van der Waals surface area contributed by atoms with E-state index in [1.165, 1.54) is 21.6 Å². The zero-order valence-corrected chi connectivity index (χ0v) is 14.9. The van der Waals surface area contributed by atoms with E-state index in [-0.39, 0.29) is 10.5 Å². The summed E-state index contributed by atoms with van der Waals surface area (Å²) in [5.41, 5.74) is 8.31. The van der Waals surface area contributed by atoms with Crippen molar-refractivity contribution < 1.29 is 0 Å². The second-order valence-corrected chi connectivity index (χ2v) is 7.77. The minimum Gasteiger partial charge on any atom is -0.162 e. The third-order valence-electron chi connectivity index (χ3n) is 4.09. The van der Waals surface area contributed by atoms with Gasteiger partial charge in [-0.2, -0.15) is 10.5 Å². The number of hydrogen-bond acceptors (Lipinski definition) is 0. The summed E-state index contributed by atoms with van der Waals surface area (Å²) in [6, 6.07) is 19.4. The predicted octanol–water partition coefficient (Wildman–Crippen LogP) is 6.15. The molecule has 3 rings (SSSR count). The topological polar surface area (TPSA) is 0 Å². The van der Waals surface area contributed by atoms with E-state index in [1.807, 2.05) is 6.08 Å². The maximum absolute atomic E-state index is 4.36. The molecular weight excluding hydrogens is 308 g/mol. The van der Waals surface area contributed by atoms with Gasteiger partial charge >= 0.3 is 0 Å². The zero-order chi connectivity index (χ0) is 16.8. The van der Waals surface area contributed by atoms with Crippen molar-refractivity contribution >= 4 is 16.4 Å². The van der Waals surface area contributed by atoms with Crippen molar-refractivity contribution in [2.45, 2.75) is 13.3 Å². The minimum atomic E-state index is 0.0154. The Balaban J connectivity index is 1.61. The third kappa shape index (κ3) is 4.35. The van der Waals surface area contributed by atoms with Gasteiger partial charge < -0.3 is 0 Å². The summed E-state index contributed by atoms with van der Waals surface area (Å²) in [6.45, 7) is 2.07. The van der Waals surface area contributed by atoms with Crippen molar-refractivity contribution in [2.75, 3.05) is 5.75 Å². The molecule has 1 unspecified atom stereocenters. The van der Waals surface area contributed by atoms with Gasteiger partial charge in [0.2, 0.25) is 0 Å². The third-order valence-corrected chi connectivity index (χ3v) is 5.72. The summed E-state index contributed by atoms with van der Waals surface area (Å²) in [4.78, 5) is 1.31. The van der Waals surface area contributed by atoms with Crippen molar-refractivity contribution in [3.05, 3.63) is 101 Å². The molecule has 0 heterocycles. The van der Waals surface area contributed by atoms with Crippen molar-refractivity contribution in [3.63, 3.8) is 0 Å². The second-order valence-electron chi connectivity index (χ2n) is 5.91. The van der Waals surface area contributed by atoms with E-state index in [2.05, 4.69) is 91.4 Å². The van der Waals surface area contributed by atoms with Crippen LogP contribution in [0.3, 0.4) is 0 Å². The first-order valence-corrected chi connectivity index (χ1v) is 9.75. The molecule has 120 valence electrons. The van der Waals surface area contributed by atoms with Crippen LogP contribution >= 0.6 is 10.5 Å². The van der Waals surface area contributed by atoms with Gasteiger partial charge in [-0.15, -0.1) is 5.73 Å². The fourth-order valence-corrected chi connectivity index (χ4v) is 3.85. The monoisotopic (exact) mass is 330 g/mol. The van der Waals surface area contributed by atoms with Crippen LogP contribution in [-0.2, 0) is 6.42 Å². The summed E-state index contributed by atoms with van der Waals surface area (Å²) in [5.74, 6) is 5.44. The summed E-state index contributed by atoms with van der Waals surface area (Å²) < 4.78 is 0. The Morgan fingerprint density at radius 3 is 2.38 bits per heavy atom. The second kappa shape index (κ2) is 7.97. The standard InChI is InChI=1S/C23H22S/c1-19-7-6-10-23(16-11-19)24(2)18-17-20-12-14-22(15-13-20)21-8-4-3-5-9-21/h3-6,8-16H,2,17-18H2,1H3. The van der Waals surface area contributed by atoms with E-state index in [9.17, 15) is 0 Å². The highest BCUT2D eigenvalue weighted by Gasteiger charge is 2.02. The van der Waals surface area contributed by atoms with Gasteiger partial charge in [-0.05, 0) is 59.6 Å². The van der Waals surface area contributed by atoms with Crippen LogP contribution in [0.5, 0.6) is 0 Å². The molecule has 1 aliphatic rings. The summed E-state index contributed by atoms with van der Waals surface area (Å²) in [7, 11) is 0.0154. The maximum atomic E-state index is 4.36. The van der Waals surface area contributed by atoms with E-state index >= 15 is 0 Å². The molecule has 0 N–H and O–H groups in total. The average molecular weight is 330 g/mol. The van der Waals surface area contributed by atoms with Crippen LogP contribution in [-0.4, -0.2) is 11.6 Å². The Bertz CT molecular complexity index is 843. The van der Waals surface area contributed by atoms with Gasteiger partial charge in [0.1, 0.15) is 0 Å². The van der Waals surface area contributed by atoms with Crippen molar-refractivity contribution in [1.82, 2.24) is 0 Å². The van der Waals surface area contributed by atoms with Crippen LogP contribution in [0.25, 0.3) is 11.1 Å². The first-order valence-electron chi connectivity index (χ1n) is 8.19. The highest BCUT2D eigenvalue weighted by Crippen LogP contribution is 2.27. The van der Waals surface area contributed by atoms with Gasteiger partial charge in [0.15, 0.2) is 0 Å².